The first-order valence-corrected chi connectivity index (χ1v) is 7.76. The lowest BCUT2D eigenvalue weighted by Crippen LogP contribution is -2.42. The maximum atomic E-state index is 11.9. The molecule has 21 heavy (non-hydrogen) atoms. The Bertz CT molecular complexity index is 594. The molecule has 1 atom stereocenters. The van der Waals surface area contributed by atoms with Crippen LogP contribution in [0.15, 0.2) is 36.4 Å². The Kier molecular flexibility index (Phi) is 4.47. The molecule has 0 saturated carbocycles. The van der Waals surface area contributed by atoms with E-state index in [0.717, 1.165) is 35.7 Å². The van der Waals surface area contributed by atoms with Crippen molar-refractivity contribution in [2.24, 2.45) is 0 Å². The van der Waals surface area contributed by atoms with Crippen molar-refractivity contribution in [3.63, 3.8) is 0 Å². The van der Waals surface area contributed by atoms with Gasteiger partial charge in [0.2, 0.25) is 0 Å². The molecule has 6 heteroatoms. The highest BCUT2D eigenvalue weighted by atomic mass is 32.1. The first kappa shape index (κ1) is 14.0. The van der Waals surface area contributed by atoms with Gasteiger partial charge < -0.3 is 10.1 Å². The van der Waals surface area contributed by atoms with Crippen LogP contribution in [0.2, 0.25) is 0 Å². The quantitative estimate of drug-likeness (QED) is 0.915. The van der Waals surface area contributed by atoms with Crippen LogP contribution < -0.4 is 10.6 Å². The molecule has 2 heterocycles. The Hall–Kier alpha value is -1.92. The Morgan fingerprint density at radius 1 is 1.33 bits per heavy atom. The van der Waals surface area contributed by atoms with E-state index < -0.39 is 0 Å². The minimum atomic E-state index is -0.200. The molecular weight excluding hydrogens is 286 g/mol. The van der Waals surface area contributed by atoms with Crippen molar-refractivity contribution in [1.29, 1.82) is 0 Å². The monoisotopic (exact) mass is 303 g/mol. The van der Waals surface area contributed by atoms with Crippen LogP contribution in [-0.2, 0) is 4.74 Å². The number of anilines is 1. The summed E-state index contributed by atoms with van der Waals surface area (Å²) in [5.41, 5.74) is 1.92. The van der Waals surface area contributed by atoms with E-state index in [1.54, 1.807) is 0 Å². The number of benzene rings is 1. The predicted molar refractivity (Wildman–Crippen MR) is 83.5 cm³/mol. The maximum Gasteiger partial charge on any atom is 0.320 e. The van der Waals surface area contributed by atoms with Gasteiger partial charge in [0.15, 0.2) is 0 Å². The smallest absolute Gasteiger partial charge is 0.320 e. The fourth-order valence-corrected chi connectivity index (χ4v) is 2.92. The third-order valence-corrected chi connectivity index (χ3v) is 4.02. The number of amides is 2. The van der Waals surface area contributed by atoms with E-state index in [-0.39, 0.29) is 12.1 Å². The second-order valence-electron chi connectivity index (χ2n) is 4.95. The molecule has 2 N–H and O–H groups in total. The van der Waals surface area contributed by atoms with Crippen molar-refractivity contribution in [1.82, 2.24) is 9.69 Å². The molecule has 5 nitrogen and oxygen atoms in total. The molecule has 1 aliphatic rings. The molecule has 1 aliphatic heterocycles. The summed E-state index contributed by atoms with van der Waals surface area (Å²) in [5, 5.41) is 6.49. The zero-order valence-electron chi connectivity index (χ0n) is 11.5. The number of carbonyl (C=O) groups is 1. The molecule has 1 saturated heterocycles. The Balaban J connectivity index is 1.58. The first-order chi connectivity index (χ1) is 10.3. The van der Waals surface area contributed by atoms with Gasteiger partial charge in [-0.2, -0.15) is 4.37 Å². The molecule has 1 fully saturated rings. The van der Waals surface area contributed by atoms with Crippen molar-refractivity contribution in [2.75, 3.05) is 18.5 Å². The largest absolute Gasteiger partial charge is 0.379 e. The number of rotatable bonds is 3. The second-order valence-corrected chi connectivity index (χ2v) is 5.76. The van der Waals surface area contributed by atoms with Crippen LogP contribution in [0.25, 0.3) is 11.3 Å². The van der Waals surface area contributed by atoms with Crippen LogP contribution in [0.4, 0.5) is 9.80 Å². The Morgan fingerprint density at radius 2 is 2.19 bits per heavy atom. The molecule has 1 aromatic carbocycles. The van der Waals surface area contributed by atoms with Crippen molar-refractivity contribution in [3.8, 4) is 11.3 Å². The molecular formula is C15H17N3O2S. The molecule has 0 unspecified atom stereocenters. The number of hydrogen-bond acceptors (Lipinski definition) is 4. The molecule has 110 valence electrons. The topological polar surface area (TPSA) is 63.2 Å². The highest BCUT2D eigenvalue weighted by Gasteiger charge is 2.16. The summed E-state index contributed by atoms with van der Waals surface area (Å²) < 4.78 is 9.70. The summed E-state index contributed by atoms with van der Waals surface area (Å²) in [6, 6.07) is 11.7. The van der Waals surface area contributed by atoms with Crippen LogP contribution in [0.5, 0.6) is 0 Å². The zero-order chi connectivity index (χ0) is 14.5. The van der Waals surface area contributed by atoms with E-state index in [1.165, 1.54) is 11.5 Å². The van der Waals surface area contributed by atoms with Crippen molar-refractivity contribution in [3.05, 3.63) is 36.4 Å². The average Bonchev–Trinajstić information content (AvgIpc) is 2.97. The van der Waals surface area contributed by atoms with Gasteiger partial charge in [0.25, 0.3) is 0 Å². The number of hydrogen-bond donors (Lipinski definition) is 2. The summed E-state index contributed by atoms with van der Waals surface area (Å²) in [6.07, 6.45) is 1.95. The van der Waals surface area contributed by atoms with Gasteiger partial charge >= 0.3 is 6.03 Å². The van der Waals surface area contributed by atoms with Crippen LogP contribution >= 0.6 is 11.5 Å². The molecule has 2 amide bonds. The lowest BCUT2D eigenvalue weighted by molar-refractivity contribution is 0.0739. The van der Waals surface area contributed by atoms with Crippen LogP contribution in [0.3, 0.4) is 0 Å². The fraction of sp³-hybridized carbons (Fsp3) is 0.333. The van der Waals surface area contributed by atoms with Gasteiger partial charge in [0, 0.05) is 18.2 Å². The van der Waals surface area contributed by atoms with Gasteiger partial charge in [-0.25, -0.2) is 4.79 Å². The Morgan fingerprint density at radius 3 is 2.95 bits per heavy atom. The van der Waals surface area contributed by atoms with Crippen LogP contribution in [0.1, 0.15) is 12.8 Å². The van der Waals surface area contributed by atoms with Gasteiger partial charge in [0.05, 0.1) is 18.3 Å². The van der Waals surface area contributed by atoms with Crippen molar-refractivity contribution in [2.45, 2.75) is 18.9 Å². The summed E-state index contributed by atoms with van der Waals surface area (Å²) in [5.74, 6) is 0. The van der Waals surface area contributed by atoms with Gasteiger partial charge in [-0.15, -0.1) is 0 Å². The van der Waals surface area contributed by atoms with Gasteiger partial charge in [-0.3, -0.25) is 5.32 Å². The summed E-state index contributed by atoms with van der Waals surface area (Å²) in [4.78, 5) is 11.9. The highest BCUT2D eigenvalue weighted by molar-refractivity contribution is 7.10. The molecule has 0 spiro atoms. The van der Waals surface area contributed by atoms with E-state index in [1.807, 2.05) is 36.4 Å². The van der Waals surface area contributed by atoms with Crippen molar-refractivity contribution >= 4 is 22.6 Å². The number of aromatic nitrogens is 1. The van der Waals surface area contributed by atoms with Gasteiger partial charge in [0.1, 0.15) is 5.00 Å². The van der Waals surface area contributed by atoms with E-state index in [4.69, 9.17) is 4.74 Å². The molecule has 0 bridgehead atoms. The molecule has 0 aliphatic carbocycles. The summed E-state index contributed by atoms with van der Waals surface area (Å²) in [6.45, 7) is 1.38. The van der Waals surface area contributed by atoms with E-state index >= 15 is 0 Å². The predicted octanol–water partition coefficient (Wildman–Crippen LogP) is 3.11. The number of urea groups is 1. The molecule has 1 aromatic heterocycles. The zero-order valence-corrected chi connectivity index (χ0v) is 12.4. The van der Waals surface area contributed by atoms with Crippen molar-refractivity contribution < 1.29 is 9.53 Å². The van der Waals surface area contributed by atoms with E-state index in [9.17, 15) is 4.79 Å². The normalized spacial score (nSPS) is 18.2. The average molecular weight is 303 g/mol. The Labute approximate surface area is 127 Å². The number of carbonyl (C=O) groups excluding carboxylic acids is 1. The third kappa shape index (κ3) is 3.80. The SMILES string of the molecule is O=C(Nc1cc(-c2ccccc2)ns1)N[C@@H]1CCCOC1. The van der Waals surface area contributed by atoms with Crippen LogP contribution in [-0.4, -0.2) is 29.7 Å². The summed E-state index contributed by atoms with van der Waals surface area (Å²) >= 11 is 1.28. The minimum Gasteiger partial charge on any atom is -0.379 e. The number of nitrogens with one attached hydrogen (secondary N) is 2. The highest BCUT2D eigenvalue weighted by Crippen LogP contribution is 2.25. The van der Waals surface area contributed by atoms with E-state index in [0.29, 0.717) is 6.61 Å². The second kappa shape index (κ2) is 6.69. The third-order valence-electron chi connectivity index (χ3n) is 3.31. The fourth-order valence-electron chi connectivity index (χ4n) is 2.27. The lowest BCUT2D eigenvalue weighted by atomic mass is 10.1. The number of nitrogens with zero attached hydrogens (tertiary/aromatic N) is 1. The standard InChI is InChI=1S/C15H17N3O2S/c19-15(16-12-7-4-8-20-10-12)17-14-9-13(18-21-14)11-5-2-1-3-6-11/h1-3,5-6,9,12H,4,7-8,10H2,(H2,16,17,19)/t12-/m1/s1. The number of ether oxygens (including phenoxy) is 1. The first-order valence-electron chi connectivity index (χ1n) is 6.98. The maximum absolute atomic E-state index is 11.9. The molecule has 0 radical (unpaired) electrons. The molecule has 3 rings (SSSR count). The van der Waals surface area contributed by atoms with E-state index in [2.05, 4.69) is 15.0 Å². The lowest BCUT2D eigenvalue weighted by Gasteiger charge is -2.22. The summed E-state index contributed by atoms with van der Waals surface area (Å²) in [7, 11) is 0. The van der Waals surface area contributed by atoms with Gasteiger partial charge in [-0.1, -0.05) is 30.3 Å². The molecule has 2 aromatic rings. The minimum absolute atomic E-state index is 0.0975. The van der Waals surface area contributed by atoms with Crippen LogP contribution in [0, 0.1) is 0 Å². The van der Waals surface area contributed by atoms with Gasteiger partial charge in [-0.05, 0) is 24.4 Å².